The second-order valence-electron chi connectivity index (χ2n) is 4.96. The van der Waals surface area contributed by atoms with E-state index in [1.807, 2.05) is 22.5 Å². The van der Waals surface area contributed by atoms with E-state index in [9.17, 15) is 0 Å². The largest absolute Gasteiger partial charge is 0.396 e. The molecular weight excluding hydrogens is 216 g/mol. The predicted octanol–water partition coefficient (Wildman–Crippen LogP) is 0.846. The molecule has 0 aromatic carbocycles. The molecule has 0 amide bonds. The first-order chi connectivity index (χ1) is 8.17. The minimum atomic E-state index is 0.290. The van der Waals surface area contributed by atoms with Crippen LogP contribution >= 0.6 is 0 Å². The van der Waals surface area contributed by atoms with E-state index in [1.165, 1.54) is 12.8 Å². The summed E-state index contributed by atoms with van der Waals surface area (Å²) < 4.78 is 3.85. The van der Waals surface area contributed by atoms with E-state index < -0.39 is 0 Å². The number of hydrogen-bond donors (Lipinski definition) is 1. The smallest absolute Gasteiger partial charge is 0.137 e. The van der Waals surface area contributed by atoms with Gasteiger partial charge in [-0.2, -0.15) is 10.2 Å². The molecule has 90 valence electrons. The minimum Gasteiger partial charge on any atom is -0.396 e. The molecule has 0 spiro atoms. The van der Waals surface area contributed by atoms with E-state index >= 15 is 0 Å². The summed E-state index contributed by atoms with van der Waals surface area (Å²) in [6, 6.07) is 0. The molecule has 1 fully saturated rings. The van der Waals surface area contributed by atoms with Crippen LogP contribution in [0.5, 0.6) is 0 Å². The topological polar surface area (TPSA) is 74.5 Å². The van der Waals surface area contributed by atoms with E-state index in [2.05, 4.69) is 15.2 Å². The summed E-state index contributed by atoms with van der Waals surface area (Å²) >= 11 is 0. The van der Waals surface area contributed by atoms with Gasteiger partial charge >= 0.3 is 0 Å². The van der Waals surface area contributed by atoms with Gasteiger partial charge in [0, 0.05) is 18.2 Å². The molecule has 1 saturated carbocycles. The molecule has 2 heterocycles. The third-order valence-corrected chi connectivity index (χ3v) is 3.40. The van der Waals surface area contributed by atoms with Crippen molar-refractivity contribution in [3.8, 4) is 0 Å². The normalized spacial score (nSPS) is 17.2. The van der Waals surface area contributed by atoms with Crippen LogP contribution in [0.4, 0.5) is 5.69 Å². The maximum absolute atomic E-state index is 5.81. The molecule has 2 aromatic heterocycles. The zero-order chi connectivity index (χ0) is 11.9. The fourth-order valence-corrected chi connectivity index (χ4v) is 2.16. The van der Waals surface area contributed by atoms with E-state index in [0.29, 0.717) is 5.41 Å². The van der Waals surface area contributed by atoms with Gasteiger partial charge in [-0.05, 0) is 19.8 Å². The zero-order valence-corrected chi connectivity index (χ0v) is 9.87. The highest BCUT2D eigenvalue weighted by molar-refractivity contribution is 5.39. The van der Waals surface area contributed by atoms with Crippen LogP contribution in [-0.2, 0) is 13.1 Å². The van der Waals surface area contributed by atoms with Crippen molar-refractivity contribution in [2.45, 2.75) is 32.9 Å². The molecule has 17 heavy (non-hydrogen) atoms. The lowest BCUT2D eigenvalue weighted by Gasteiger charge is -2.14. The Morgan fingerprint density at radius 3 is 2.65 bits per heavy atom. The Labute approximate surface area is 99.4 Å². The summed E-state index contributed by atoms with van der Waals surface area (Å²) in [4.78, 5) is 3.97. The molecule has 1 aliphatic carbocycles. The summed E-state index contributed by atoms with van der Waals surface area (Å²) in [7, 11) is 0. The lowest BCUT2D eigenvalue weighted by Crippen LogP contribution is -2.19. The van der Waals surface area contributed by atoms with Gasteiger partial charge in [0.1, 0.15) is 12.7 Å². The van der Waals surface area contributed by atoms with Gasteiger partial charge in [0.05, 0.1) is 17.9 Å². The van der Waals surface area contributed by atoms with Crippen molar-refractivity contribution in [2.75, 3.05) is 5.73 Å². The first-order valence-electron chi connectivity index (χ1n) is 5.79. The van der Waals surface area contributed by atoms with Gasteiger partial charge in [0.15, 0.2) is 0 Å². The molecular formula is C11H16N6. The van der Waals surface area contributed by atoms with Crippen LogP contribution < -0.4 is 5.73 Å². The summed E-state index contributed by atoms with van der Waals surface area (Å²) in [6.07, 6.45) is 7.68. The number of nitrogens with two attached hydrogens (primary N) is 1. The van der Waals surface area contributed by atoms with Gasteiger partial charge in [-0.15, -0.1) is 0 Å². The second kappa shape index (κ2) is 3.58. The number of nitrogens with zero attached hydrogens (tertiary/aromatic N) is 5. The van der Waals surface area contributed by atoms with Crippen LogP contribution in [0.25, 0.3) is 0 Å². The van der Waals surface area contributed by atoms with Crippen molar-refractivity contribution in [1.29, 1.82) is 0 Å². The maximum Gasteiger partial charge on any atom is 0.137 e. The summed E-state index contributed by atoms with van der Waals surface area (Å²) in [6.45, 7) is 3.75. The molecule has 0 unspecified atom stereocenters. The van der Waals surface area contributed by atoms with Gasteiger partial charge in [-0.25, -0.2) is 4.98 Å². The Kier molecular flexibility index (Phi) is 2.17. The predicted molar refractivity (Wildman–Crippen MR) is 63.1 cm³/mol. The number of aryl methyl sites for hydroxylation is 1. The average molecular weight is 232 g/mol. The van der Waals surface area contributed by atoms with Gasteiger partial charge in [0.2, 0.25) is 0 Å². The number of aromatic nitrogens is 5. The van der Waals surface area contributed by atoms with Crippen LogP contribution in [0.2, 0.25) is 0 Å². The Morgan fingerprint density at radius 1 is 1.35 bits per heavy atom. The van der Waals surface area contributed by atoms with Gasteiger partial charge in [0.25, 0.3) is 0 Å². The maximum atomic E-state index is 5.81. The molecule has 2 N–H and O–H groups in total. The molecule has 0 aliphatic heterocycles. The average Bonchev–Trinajstić information content (AvgIpc) is 2.70. The lowest BCUT2D eigenvalue weighted by atomic mass is 10.1. The van der Waals surface area contributed by atoms with E-state index in [1.54, 1.807) is 12.7 Å². The van der Waals surface area contributed by atoms with E-state index in [4.69, 9.17) is 5.73 Å². The Morgan fingerprint density at radius 2 is 2.12 bits per heavy atom. The summed E-state index contributed by atoms with van der Waals surface area (Å²) in [5.74, 6) is 0. The first kappa shape index (κ1) is 10.3. The van der Waals surface area contributed by atoms with Crippen molar-refractivity contribution in [2.24, 2.45) is 5.41 Å². The van der Waals surface area contributed by atoms with Crippen molar-refractivity contribution in [3.63, 3.8) is 0 Å². The number of nitrogen functional groups attached to an aromatic ring is 1. The standard InChI is InChI=1S/C11H16N6/c1-9-10(12)4-16(15-9)5-11(2-3-11)6-17-8-13-7-14-17/h4,7-8H,2-3,5-6,12H2,1H3. The van der Waals surface area contributed by atoms with Crippen molar-refractivity contribution in [1.82, 2.24) is 24.5 Å². The Hall–Kier alpha value is -1.85. The van der Waals surface area contributed by atoms with Crippen LogP contribution in [0.15, 0.2) is 18.9 Å². The second-order valence-corrected chi connectivity index (χ2v) is 4.96. The molecule has 6 heteroatoms. The van der Waals surface area contributed by atoms with Gasteiger partial charge < -0.3 is 5.73 Å². The van der Waals surface area contributed by atoms with Crippen LogP contribution in [0, 0.1) is 12.3 Å². The van der Waals surface area contributed by atoms with Crippen LogP contribution in [-0.4, -0.2) is 24.5 Å². The molecule has 0 bridgehead atoms. The zero-order valence-electron chi connectivity index (χ0n) is 9.87. The van der Waals surface area contributed by atoms with Crippen molar-refractivity contribution < 1.29 is 0 Å². The van der Waals surface area contributed by atoms with E-state index in [-0.39, 0.29) is 0 Å². The van der Waals surface area contributed by atoms with Gasteiger partial charge in [-0.3, -0.25) is 9.36 Å². The third-order valence-electron chi connectivity index (χ3n) is 3.40. The highest BCUT2D eigenvalue weighted by Crippen LogP contribution is 2.48. The van der Waals surface area contributed by atoms with E-state index in [0.717, 1.165) is 24.5 Å². The number of anilines is 1. The summed E-state index contributed by atoms with van der Waals surface area (Å²) in [5, 5.41) is 8.57. The van der Waals surface area contributed by atoms with Crippen molar-refractivity contribution in [3.05, 3.63) is 24.5 Å². The minimum absolute atomic E-state index is 0.290. The molecule has 0 radical (unpaired) electrons. The number of rotatable bonds is 4. The highest BCUT2D eigenvalue weighted by atomic mass is 15.3. The molecule has 2 aromatic rings. The third kappa shape index (κ3) is 2.02. The Bertz CT molecular complexity index is 489. The van der Waals surface area contributed by atoms with Gasteiger partial charge in [-0.1, -0.05) is 0 Å². The SMILES string of the molecule is Cc1nn(CC2(Cn3cncn3)CC2)cc1N. The monoisotopic (exact) mass is 232 g/mol. The summed E-state index contributed by atoms with van der Waals surface area (Å²) in [5.41, 5.74) is 7.76. The first-order valence-corrected chi connectivity index (χ1v) is 5.79. The molecule has 6 nitrogen and oxygen atoms in total. The van der Waals surface area contributed by atoms with Crippen molar-refractivity contribution >= 4 is 5.69 Å². The van der Waals surface area contributed by atoms with Crippen LogP contribution in [0.3, 0.4) is 0 Å². The number of hydrogen-bond acceptors (Lipinski definition) is 4. The molecule has 3 rings (SSSR count). The highest BCUT2D eigenvalue weighted by Gasteiger charge is 2.43. The van der Waals surface area contributed by atoms with Crippen LogP contribution in [0.1, 0.15) is 18.5 Å². The lowest BCUT2D eigenvalue weighted by molar-refractivity contribution is 0.329. The molecule has 0 saturated heterocycles. The molecule has 1 aliphatic rings. The molecule has 0 atom stereocenters. The fraction of sp³-hybridized carbons (Fsp3) is 0.545. The fourth-order valence-electron chi connectivity index (χ4n) is 2.16. The quantitative estimate of drug-likeness (QED) is 0.847. The Balaban J connectivity index is 1.72.